The minimum absolute atomic E-state index is 0.0684. The van der Waals surface area contributed by atoms with Crippen LogP contribution in [0.25, 0.3) is 0 Å². The zero-order valence-corrected chi connectivity index (χ0v) is 12.0. The largest absolute Gasteiger partial charge is 0.500 e. The van der Waals surface area contributed by atoms with Crippen molar-refractivity contribution in [1.82, 2.24) is 10.4 Å². The van der Waals surface area contributed by atoms with Crippen molar-refractivity contribution in [2.45, 2.75) is 0 Å². The number of nitro benzene ring substituents is 1. The highest BCUT2D eigenvalue weighted by molar-refractivity contribution is 5.94. The number of aromatic nitrogens is 1. The van der Waals surface area contributed by atoms with Gasteiger partial charge in [0.25, 0.3) is 5.91 Å². The number of carbonyl (C=O) groups is 1. The maximum atomic E-state index is 11.8. The van der Waals surface area contributed by atoms with Crippen LogP contribution in [0.15, 0.2) is 41.8 Å². The van der Waals surface area contributed by atoms with Crippen molar-refractivity contribution in [3.05, 3.63) is 57.9 Å². The minimum atomic E-state index is -0.745. The third kappa shape index (κ3) is 3.79. The minimum Gasteiger partial charge on any atom is -0.500 e. The van der Waals surface area contributed by atoms with Gasteiger partial charge in [0.15, 0.2) is 5.75 Å². The molecule has 0 aliphatic rings. The number of pyridine rings is 1. The second-order valence-electron chi connectivity index (χ2n) is 4.28. The van der Waals surface area contributed by atoms with Gasteiger partial charge in [0.1, 0.15) is 0 Å². The monoisotopic (exact) mass is 316 g/mol. The molecule has 0 aliphatic carbocycles. The summed E-state index contributed by atoms with van der Waals surface area (Å²) in [5, 5.41) is 24.3. The fourth-order valence-electron chi connectivity index (χ4n) is 1.72. The molecule has 1 amide bonds. The molecule has 0 bridgehead atoms. The molecule has 0 saturated carbocycles. The number of nitrogens with one attached hydrogen (secondary N) is 1. The lowest BCUT2D eigenvalue weighted by Gasteiger charge is -2.05. The summed E-state index contributed by atoms with van der Waals surface area (Å²) < 4.78 is 4.86. The molecule has 0 saturated heterocycles. The van der Waals surface area contributed by atoms with Gasteiger partial charge in [-0.05, 0) is 18.2 Å². The second kappa shape index (κ2) is 6.98. The van der Waals surface area contributed by atoms with Crippen molar-refractivity contribution in [3.8, 4) is 11.5 Å². The molecule has 1 heterocycles. The fraction of sp³-hybridized carbons (Fsp3) is 0.0714. The molecule has 118 valence electrons. The van der Waals surface area contributed by atoms with Gasteiger partial charge in [-0.2, -0.15) is 5.10 Å². The average Bonchev–Trinajstić information content (AvgIpc) is 2.56. The number of amides is 1. The number of phenols is 1. The van der Waals surface area contributed by atoms with Gasteiger partial charge in [0.05, 0.1) is 18.2 Å². The van der Waals surface area contributed by atoms with Crippen molar-refractivity contribution in [3.63, 3.8) is 0 Å². The Morgan fingerprint density at radius 1 is 1.43 bits per heavy atom. The van der Waals surface area contributed by atoms with E-state index in [1.807, 2.05) is 0 Å². The molecule has 9 nitrogen and oxygen atoms in total. The van der Waals surface area contributed by atoms with E-state index in [-0.39, 0.29) is 11.3 Å². The summed E-state index contributed by atoms with van der Waals surface area (Å²) >= 11 is 0. The molecule has 0 fully saturated rings. The first-order chi connectivity index (χ1) is 11.0. The predicted molar refractivity (Wildman–Crippen MR) is 80.6 cm³/mol. The van der Waals surface area contributed by atoms with E-state index in [1.54, 1.807) is 0 Å². The summed E-state index contributed by atoms with van der Waals surface area (Å²) in [5.74, 6) is -1.10. The molecule has 23 heavy (non-hydrogen) atoms. The Morgan fingerprint density at radius 3 is 2.74 bits per heavy atom. The Morgan fingerprint density at radius 2 is 2.13 bits per heavy atom. The molecule has 0 radical (unpaired) electrons. The zero-order chi connectivity index (χ0) is 16.8. The Hall–Kier alpha value is -3.49. The number of phenolic OH excluding ortho intramolecular Hbond substituents is 1. The summed E-state index contributed by atoms with van der Waals surface area (Å²) in [5.41, 5.74) is 2.40. The number of hydrogen-bond donors (Lipinski definition) is 2. The Kier molecular flexibility index (Phi) is 4.82. The topological polar surface area (TPSA) is 127 Å². The van der Waals surface area contributed by atoms with Gasteiger partial charge in [0, 0.05) is 29.6 Å². The fourth-order valence-corrected chi connectivity index (χ4v) is 1.72. The molecule has 1 aromatic heterocycles. The number of benzene rings is 1. The van der Waals surface area contributed by atoms with Gasteiger partial charge in [0.2, 0.25) is 5.75 Å². The quantitative estimate of drug-likeness (QED) is 0.488. The van der Waals surface area contributed by atoms with Crippen molar-refractivity contribution in [2.75, 3.05) is 7.11 Å². The van der Waals surface area contributed by atoms with Crippen LogP contribution in [0.3, 0.4) is 0 Å². The predicted octanol–water partition coefficient (Wildman–Crippen LogP) is 1.47. The third-order valence-electron chi connectivity index (χ3n) is 2.82. The molecule has 2 N–H and O–H groups in total. The second-order valence-corrected chi connectivity index (χ2v) is 4.28. The third-order valence-corrected chi connectivity index (χ3v) is 2.82. The lowest BCUT2D eigenvalue weighted by Crippen LogP contribution is -2.17. The van der Waals surface area contributed by atoms with Crippen LogP contribution in [0.1, 0.15) is 15.9 Å². The van der Waals surface area contributed by atoms with E-state index in [0.717, 1.165) is 6.07 Å². The zero-order valence-electron chi connectivity index (χ0n) is 12.0. The van der Waals surface area contributed by atoms with Crippen LogP contribution >= 0.6 is 0 Å². The van der Waals surface area contributed by atoms with Crippen LogP contribution < -0.4 is 10.2 Å². The van der Waals surface area contributed by atoms with E-state index in [0.29, 0.717) is 5.56 Å². The van der Waals surface area contributed by atoms with E-state index in [2.05, 4.69) is 15.5 Å². The normalized spacial score (nSPS) is 10.5. The number of ether oxygens (including phenoxy) is 1. The van der Waals surface area contributed by atoms with Crippen molar-refractivity contribution in [1.29, 1.82) is 0 Å². The maximum absolute atomic E-state index is 11.8. The van der Waals surface area contributed by atoms with Gasteiger partial charge >= 0.3 is 5.69 Å². The van der Waals surface area contributed by atoms with Crippen molar-refractivity contribution >= 4 is 17.8 Å². The van der Waals surface area contributed by atoms with Crippen LogP contribution in [-0.2, 0) is 0 Å². The lowest BCUT2D eigenvalue weighted by atomic mass is 10.2. The highest BCUT2D eigenvalue weighted by atomic mass is 16.6. The van der Waals surface area contributed by atoms with Gasteiger partial charge in [-0.25, -0.2) is 5.43 Å². The van der Waals surface area contributed by atoms with Crippen LogP contribution in [-0.4, -0.2) is 34.2 Å². The number of methoxy groups -OCH3 is 1. The Balaban J connectivity index is 2.18. The van der Waals surface area contributed by atoms with Crippen molar-refractivity contribution < 1.29 is 19.6 Å². The molecule has 0 atom stereocenters. The lowest BCUT2D eigenvalue weighted by molar-refractivity contribution is -0.386. The molecule has 2 rings (SSSR count). The van der Waals surface area contributed by atoms with Crippen LogP contribution in [0, 0.1) is 10.1 Å². The summed E-state index contributed by atoms with van der Waals surface area (Å²) in [7, 11) is 1.27. The smallest absolute Gasteiger partial charge is 0.315 e. The van der Waals surface area contributed by atoms with Gasteiger partial charge in [-0.3, -0.25) is 19.9 Å². The van der Waals surface area contributed by atoms with E-state index in [4.69, 9.17) is 4.74 Å². The molecular weight excluding hydrogens is 304 g/mol. The van der Waals surface area contributed by atoms with Crippen LogP contribution in [0.4, 0.5) is 5.69 Å². The first kappa shape index (κ1) is 15.9. The SMILES string of the molecule is COc1cc(/C=N/NC(=O)c2ccncc2)cc([N+](=O)[O-])c1O. The molecule has 0 unspecified atom stereocenters. The van der Waals surface area contributed by atoms with Gasteiger partial charge < -0.3 is 9.84 Å². The number of carbonyl (C=O) groups excluding carboxylic acids is 1. The van der Waals surface area contributed by atoms with Crippen LogP contribution in [0.5, 0.6) is 11.5 Å². The first-order valence-corrected chi connectivity index (χ1v) is 6.31. The highest BCUT2D eigenvalue weighted by Gasteiger charge is 2.19. The first-order valence-electron chi connectivity index (χ1n) is 6.31. The standard InChI is InChI=1S/C14H12N4O5/c1-23-12-7-9(6-11(13(12)19)18(21)22)8-16-17-14(20)10-2-4-15-5-3-10/h2-8,19H,1H3,(H,17,20)/b16-8+. The van der Waals surface area contributed by atoms with Crippen molar-refractivity contribution in [2.24, 2.45) is 5.10 Å². The summed E-state index contributed by atoms with van der Waals surface area (Å²) in [6.07, 6.45) is 4.13. The van der Waals surface area contributed by atoms with Crippen LogP contribution in [0.2, 0.25) is 0 Å². The maximum Gasteiger partial charge on any atom is 0.315 e. The number of hydrogen-bond acceptors (Lipinski definition) is 7. The average molecular weight is 316 g/mol. The van der Waals surface area contributed by atoms with E-state index >= 15 is 0 Å². The summed E-state index contributed by atoms with van der Waals surface area (Å²) in [6.45, 7) is 0. The molecule has 0 spiro atoms. The number of rotatable bonds is 5. The van der Waals surface area contributed by atoms with Gasteiger partial charge in [-0.1, -0.05) is 0 Å². The summed E-state index contributed by atoms with van der Waals surface area (Å²) in [4.78, 5) is 25.7. The van der Waals surface area contributed by atoms with E-state index in [1.165, 1.54) is 43.9 Å². The molecule has 2 aromatic rings. The Labute approximate surface area is 130 Å². The molecule has 1 aromatic carbocycles. The highest BCUT2D eigenvalue weighted by Crippen LogP contribution is 2.36. The molecule has 0 aliphatic heterocycles. The molecular formula is C14H12N4O5. The number of aromatic hydroxyl groups is 1. The Bertz CT molecular complexity index is 761. The molecule has 9 heteroatoms. The van der Waals surface area contributed by atoms with E-state index < -0.39 is 22.3 Å². The number of nitrogens with zero attached hydrogens (tertiary/aromatic N) is 3. The number of hydrazone groups is 1. The van der Waals surface area contributed by atoms with E-state index in [9.17, 15) is 20.0 Å². The van der Waals surface area contributed by atoms with Gasteiger partial charge in [-0.15, -0.1) is 0 Å². The summed E-state index contributed by atoms with van der Waals surface area (Å²) in [6, 6.07) is 5.49. The number of nitro groups is 1.